The molecule has 4 rings (SSSR count). The highest BCUT2D eigenvalue weighted by atomic mass is 16.6. The molecule has 3 heterocycles. The molecule has 34 heavy (non-hydrogen) atoms. The number of benzene rings is 1. The molecule has 3 aromatic rings. The van der Waals surface area contributed by atoms with Crippen molar-refractivity contribution in [3.63, 3.8) is 0 Å². The third kappa shape index (κ3) is 6.21. The third-order valence-corrected chi connectivity index (χ3v) is 5.43. The quantitative estimate of drug-likeness (QED) is 0.546. The number of ether oxygens (including phenoxy) is 2. The summed E-state index contributed by atoms with van der Waals surface area (Å²) in [4.78, 5) is 23.5. The Kier molecular flexibility index (Phi) is 7.28. The third-order valence-electron chi connectivity index (χ3n) is 5.43. The van der Waals surface area contributed by atoms with E-state index < -0.39 is 11.7 Å². The minimum atomic E-state index is -0.533. The van der Waals surface area contributed by atoms with Crippen molar-refractivity contribution in [1.82, 2.24) is 30.0 Å². The maximum absolute atomic E-state index is 12.0. The zero-order valence-electron chi connectivity index (χ0n) is 20.3. The molecule has 0 atom stereocenters. The van der Waals surface area contributed by atoms with Gasteiger partial charge >= 0.3 is 6.09 Å². The number of rotatable bonds is 7. The molecule has 0 aliphatic carbocycles. The largest absolute Gasteiger partial charge is 0.444 e. The number of morpholine rings is 1. The number of aryl methyl sites for hydroxylation is 1. The number of nitrogens with one attached hydrogen (secondary N) is 2. The summed E-state index contributed by atoms with van der Waals surface area (Å²) in [5, 5.41) is 11.7. The fourth-order valence-corrected chi connectivity index (χ4v) is 3.80. The van der Waals surface area contributed by atoms with Crippen LogP contribution in [0.2, 0.25) is 0 Å². The Hall–Kier alpha value is -3.24. The Balaban J connectivity index is 1.43. The van der Waals surface area contributed by atoms with Crippen LogP contribution in [0, 0.1) is 0 Å². The fraction of sp³-hybridized carbons (Fsp3) is 0.500. The summed E-state index contributed by atoms with van der Waals surface area (Å²) in [7, 11) is 1.88. The van der Waals surface area contributed by atoms with Crippen molar-refractivity contribution in [2.24, 2.45) is 7.05 Å². The number of carbonyl (C=O) groups excluding carboxylic acids is 1. The van der Waals surface area contributed by atoms with Gasteiger partial charge in [-0.05, 0) is 32.4 Å². The molecular weight excluding hydrogens is 434 g/mol. The first-order valence-corrected chi connectivity index (χ1v) is 11.6. The molecule has 1 amide bonds. The van der Waals surface area contributed by atoms with Crippen LogP contribution < -0.4 is 10.6 Å². The lowest BCUT2D eigenvalue weighted by atomic mass is 10.1. The second-order valence-electron chi connectivity index (χ2n) is 9.34. The molecular formula is C24H33N7O3. The van der Waals surface area contributed by atoms with E-state index in [4.69, 9.17) is 14.6 Å². The van der Waals surface area contributed by atoms with E-state index in [1.165, 1.54) is 0 Å². The lowest BCUT2D eigenvalue weighted by Crippen LogP contribution is -2.39. The average molecular weight is 468 g/mol. The zero-order chi connectivity index (χ0) is 24.1. The van der Waals surface area contributed by atoms with E-state index in [0.717, 1.165) is 67.2 Å². The number of anilines is 1. The van der Waals surface area contributed by atoms with Gasteiger partial charge in [0.2, 0.25) is 5.95 Å². The zero-order valence-corrected chi connectivity index (χ0v) is 20.3. The maximum Gasteiger partial charge on any atom is 0.407 e. The smallest absolute Gasteiger partial charge is 0.407 e. The Morgan fingerprint density at radius 3 is 2.79 bits per heavy atom. The number of carbonyl (C=O) groups is 1. The standard InChI is InChI=1S/C24H33N7O3/c1-24(2,3)34-23(32)27-15-17-6-5-7-18(14-17)20-19-16-26-22(28-21(19)30(4)29-20)25-8-9-31-10-12-33-13-11-31/h5-7,14,16H,8-13,15H2,1-4H3,(H,27,32)(H,25,26,28). The van der Waals surface area contributed by atoms with Crippen molar-refractivity contribution in [3.8, 4) is 11.3 Å². The molecule has 10 heteroatoms. The molecule has 10 nitrogen and oxygen atoms in total. The molecule has 0 unspecified atom stereocenters. The van der Waals surface area contributed by atoms with Crippen LogP contribution in [-0.4, -0.2) is 75.7 Å². The lowest BCUT2D eigenvalue weighted by Gasteiger charge is -2.26. The summed E-state index contributed by atoms with van der Waals surface area (Å²) in [6, 6.07) is 7.91. The van der Waals surface area contributed by atoms with Gasteiger partial charge in [0.15, 0.2) is 5.65 Å². The van der Waals surface area contributed by atoms with Crippen molar-refractivity contribution in [1.29, 1.82) is 0 Å². The predicted octanol–water partition coefficient (Wildman–Crippen LogP) is 2.80. The van der Waals surface area contributed by atoms with Gasteiger partial charge in [-0.25, -0.2) is 14.5 Å². The molecule has 1 saturated heterocycles. The van der Waals surface area contributed by atoms with Crippen LogP contribution in [0.4, 0.5) is 10.7 Å². The number of alkyl carbamates (subject to hydrolysis) is 1. The monoisotopic (exact) mass is 467 g/mol. The van der Waals surface area contributed by atoms with E-state index >= 15 is 0 Å². The Bertz CT molecular complexity index is 1130. The molecule has 2 N–H and O–H groups in total. The van der Waals surface area contributed by atoms with Crippen LogP contribution in [0.1, 0.15) is 26.3 Å². The normalized spacial score (nSPS) is 14.8. The number of nitrogens with zero attached hydrogens (tertiary/aromatic N) is 5. The van der Waals surface area contributed by atoms with E-state index in [0.29, 0.717) is 12.5 Å². The minimum absolute atomic E-state index is 0.362. The van der Waals surface area contributed by atoms with Gasteiger partial charge in [-0.3, -0.25) is 4.90 Å². The maximum atomic E-state index is 12.0. The summed E-state index contributed by atoms with van der Waals surface area (Å²) in [5.41, 5.74) is 2.91. The predicted molar refractivity (Wildman–Crippen MR) is 131 cm³/mol. The summed E-state index contributed by atoms with van der Waals surface area (Å²) >= 11 is 0. The SMILES string of the molecule is Cn1nc(-c2cccc(CNC(=O)OC(C)(C)C)c2)c2cnc(NCCN3CCOCC3)nc21. The van der Waals surface area contributed by atoms with E-state index in [1.807, 2.05) is 58.3 Å². The Morgan fingerprint density at radius 2 is 2.03 bits per heavy atom. The summed E-state index contributed by atoms with van der Waals surface area (Å²) in [6.07, 6.45) is 1.37. The van der Waals surface area contributed by atoms with Gasteiger partial charge in [-0.2, -0.15) is 10.1 Å². The van der Waals surface area contributed by atoms with Gasteiger partial charge < -0.3 is 20.1 Å². The Morgan fingerprint density at radius 1 is 1.24 bits per heavy atom. The second-order valence-corrected chi connectivity index (χ2v) is 9.34. The number of fused-ring (bicyclic) bond motifs is 1. The Labute approximate surface area is 199 Å². The molecule has 182 valence electrons. The van der Waals surface area contributed by atoms with E-state index in [2.05, 4.69) is 25.5 Å². The van der Waals surface area contributed by atoms with Gasteiger partial charge in [0.25, 0.3) is 0 Å². The van der Waals surface area contributed by atoms with Crippen LogP contribution in [0.25, 0.3) is 22.3 Å². The van der Waals surface area contributed by atoms with Crippen LogP contribution in [-0.2, 0) is 23.1 Å². The van der Waals surface area contributed by atoms with Gasteiger partial charge in [-0.1, -0.05) is 18.2 Å². The van der Waals surface area contributed by atoms with Crippen LogP contribution in [0.5, 0.6) is 0 Å². The van der Waals surface area contributed by atoms with Gasteiger partial charge in [0.05, 0.1) is 18.6 Å². The highest BCUT2D eigenvalue weighted by Gasteiger charge is 2.17. The van der Waals surface area contributed by atoms with Crippen molar-refractivity contribution < 1.29 is 14.3 Å². The minimum Gasteiger partial charge on any atom is -0.444 e. The first-order valence-electron chi connectivity index (χ1n) is 11.6. The van der Waals surface area contributed by atoms with Gasteiger partial charge in [0.1, 0.15) is 11.3 Å². The second kappa shape index (κ2) is 10.4. The molecule has 0 saturated carbocycles. The average Bonchev–Trinajstić information content (AvgIpc) is 3.13. The van der Waals surface area contributed by atoms with E-state index in [9.17, 15) is 4.79 Å². The van der Waals surface area contributed by atoms with Gasteiger partial charge in [0, 0.05) is 51.5 Å². The molecule has 0 bridgehead atoms. The summed E-state index contributed by atoms with van der Waals surface area (Å²) < 4.78 is 12.5. The van der Waals surface area contributed by atoms with E-state index in [1.54, 1.807) is 4.68 Å². The molecule has 2 aromatic heterocycles. The van der Waals surface area contributed by atoms with Crippen molar-refractivity contribution >= 4 is 23.1 Å². The number of aromatic nitrogens is 4. The van der Waals surface area contributed by atoms with Crippen LogP contribution in [0.3, 0.4) is 0 Å². The molecule has 0 spiro atoms. The van der Waals surface area contributed by atoms with Crippen molar-refractivity contribution in [3.05, 3.63) is 36.0 Å². The first-order chi connectivity index (χ1) is 16.3. The molecule has 1 aromatic carbocycles. The van der Waals surface area contributed by atoms with E-state index in [-0.39, 0.29) is 0 Å². The fourth-order valence-electron chi connectivity index (χ4n) is 3.80. The highest BCUT2D eigenvalue weighted by molar-refractivity contribution is 5.91. The number of hydrogen-bond acceptors (Lipinski definition) is 8. The van der Waals surface area contributed by atoms with Crippen molar-refractivity contribution in [2.75, 3.05) is 44.7 Å². The lowest BCUT2D eigenvalue weighted by molar-refractivity contribution is 0.0398. The molecule has 0 radical (unpaired) electrons. The van der Waals surface area contributed by atoms with Crippen LogP contribution >= 0.6 is 0 Å². The summed E-state index contributed by atoms with van der Waals surface area (Å²) in [5.74, 6) is 0.589. The topological polar surface area (TPSA) is 106 Å². The van der Waals surface area contributed by atoms with Gasteiger partial charge in [-0.15, -0.1) is 0 Å². The van der Waals surface area contributed by atoms with Crippen molar-refractivity contribution in [2.45, 2.75) is 32.9 Å². The molecule has 1 aliphatic heterocycles. The molecule has 1 fully saturated rings. The number of amides is 1. The van der Waals surface area contributed by atoms with Crippen LogP contribution in [0.15, 0.2) is 30.5 Å². The molecule has 1 aliphatic rings. The number of hydrogen-bond donors (Lipinski definition) is 2. The summed E-state index contributed by atoms with van der Waals surface area (Å²) in [6.45, 7) is 11.1. The first kappa shape index (κ1) is 23.9. The highest BCUT2D eigenvalue weighted by Crippen LogP contribution is 2.27.